The van der Waals surface area contributed by atoms with Crippen LogP contribution in [0, 0.1) is 5.41 Å². The van der Waals surface area contributed by atoms with E-state index in [2.05, 4.69) is 47.4 Å². The summed E-state index contributed by atoms with van der Waals surface area (Å²) in [5.41, 5.74) is -0.893. The van der Waals surface area contributed by atoms with Gasteiger partial charge in [0.25, 0.3) is 0 Å². The van der Waals surface area contributed by atoms with Crippen molar-refractivity contribution in [1.29, 1.82) is 0 Å². The summed E-state index contributed by atoms with van der Waals surface area (Å²) in [7, 11) is 0. The molecule has 0 spiro atoms. The zero-order valence-corrected chi connectivity index (χ0v) is 14.8. The molecule has 0 aliphatic heterocycles. The zero-order chi connectivity index (χ0) is 14.9. The van der Waals surface area contributed by atoms with Crippen LogP contribution in [0.15, 0.2) is 14.3 Å². The fourth-order valence-electron chi connectivity index (χ4n) is 1.61. The molecule has 0 aliphatic carbocycles. The van der Waals surface area contributed by atoms with Gasteiger partial charge in [0.2, 0.25) is 0 Å². The molecule has 1 atom stereocenters. The molecule has 0 aromatic carbocycles. The standard InChI is InChI=1S/C11H12Br2N4O2S/c1-3-11(2,10(18)19)5-17-9(14-15-16-17)7-4-6(12)8(13)20-7/h4H,3,5H2,1-2H3,(H,18,19). The Labute approximate surface area is 136 Å². The van der Waals surface area contributed by atoms with Gasteiger partial charge in [-0.1, -0.05) is 6.92 Å². The van der Waals surface area contributed by atoms with Crippen molar-refractivity contribution in [3.8, 4) is 10.7 Å². The van der Waals surface area contributed by atoms with Gasteiger partial charge < -0.3 is 5.11 Å². The van der Waals surface area contributed by atoms with Gasteiger partial charge in [-0.3, -0.25) is 4.79 Å². The smallest absolute Gasteiger partial charge is 0.311 e. The second-order valence-electron chi connectivity index (χ2n) is 4.61. The SMILES string of the molecule is CCC(C)(Cn1nnnc1-c1cc(Br)c(Br)s1)C(=O)O. The van der Waals surface area contributed by atoms with E-state index in [1.165, 1.54) is 11.3 Å². The predicted molar refractivity (Wildman–Crippen MR) is 82.6 cm³/mol. The van der Waals surface area contributed by atoms with Crippen molar-refractivity contribution in [2.24, 2.45) is 5.41 Å². The fraction of sp³-hybridized carbons (Fsp3) is 0.455. The minimum absolute atomic E-state index is 0.230. The molecule has 108 valence electrons. The van der Waals surface area contributed by atoms with Gasteiger partial charge in [0.05, 0.1) is 20.6 Å². The number of aromatic nitrogens is 4. The molecule has 1 N–H and O–H groups in total. The molecule has 0 amide bonds. The average Bonchev–Trinajstić information content (AvgIpc) is 2.96. The van der Waals surface area contributed by atoms with Gasteiger partial charge in [-0.2, -0.15) is 0 Å². The van der Waals surface area contributed by atoms with E-state index >= 15 is 0 Å². The number of thiophene rings is 1. The predicted octanol–water partition coefficient (Wildman–Crippen LogP) is 3.43. The number of nitrogens with zero attached hydrogens (tertiary/aromatic N) is 4. The van der Waals surface area contributed by atoms with Crippen LogP contribution in [0.3, 0.4) is 0 Å². The minimum atomic E-state index is -0.893. The van der Waals surface area contributed by atoms with Gasteiger partial charge in [-0.15, -0.1) is 16.4 Å². The van der Waals surface area contributed by atoms with Gasteiger partial charge in [-0.05, 0) is 61.7 Å². The largest absolute Gasteiger partial charge is 0.481 e. The third-order valence-corrected chi connectivity index (χ3v) is 6.45. The molecule has 0 bridgehead atoms. The van der Waals surface area contributed by atoms with Crippen molar-refractivity contribution in [3.63, 3.8) is 0 Å². The first kappa shape index (κ1) is 15.6. The Kier molecular flexibility index (Phi) is 4.60. The highest BCUT2D eigenvalue weighted by Gasteiger charge is 2.33. The number of hydrogen-bond acceptors (Lipinski definition) is 5. The Morgan fingerprint density at radius 3 is 2.75 bits per heavy atom. The summed E-state index contributed by atoms with van der Waals surface area (Å²) < 4.78 is 3.41. The molecule has 1 unspecified atom stereocenters. The van der Waals surface area contributed by atoms with E-state index in [9.17, 15) is 9.90 Å². The number of halogens is 2. The van der Waals surface area contributed by atoms with E-state index in [1.807, 2.05) is 13.0 Å². The van der Waals surface area contributed by atoms with Crippen LogP contribution >= 0.6 is 43.2 Å². The van der Waals surface area contributed by atoms with Crippen LogP contribution < -0.4 is 0 Å². The molecule has 0 radical (unpaired) electrons. The monoisotopic (exact) mass is 422 g/mol. The van der Waals surface area contributed by atoms with Crippen LogP contribution in [0.4, 0.5) is 0 Å². The minimum Gasteiger partial charge on any atom is -0.481 e. The maximum absolute atomic E-state index is 11.4. The lowest BCUT2D eigenvalue weighted by Crippen LogP contribution is -2.32. The van der Waals surface area contributed by atoms with Gasteiger partial charge in [0, 0.05) is 4.47 Å². The second-order valence-corrected chi connectivity index (χ2v) is 7.84. The molecule has 2 rings (SSSR count). The number of rotatable bonds is 5. The van der Waals surface area contributed by atoms with Crippen molar-refractivity contribution in [3.05, 3.63) is 14.3 Å². The highest BCUT2D eigenvalue weighted by Crippen LogP contribution is 2.37. The van der Waals surface area contributed by atoms with E-state index in [4.69, 9.17) is 0 Å². The third kappa shape index (κ3) is 2.94. The first-order valence-corrected chi connectivity index (χ1v) is 8.22. The summed E-state index contributed by atoms with van der Waals surface area (Å²) in [6.45, 7) is 3.77. The fourth-order valence-corrected chi connectivity index (χ4v) is 3.63. The Morgan fingerprint density at radius 1 is 1.55 bits per heavy atom. The number of carboxylic acid groups (broad SMARTS) is 1. The Morgan fingerprint density at radius 2 is 2.25 bits per heavy atom. The maximum atomic E-state index is 11.4. The summed E-state index contributed by atoms with van der Waals surface area (Å²) >= 11 is 8.33. The van der Waals surface area contributed by atoms with Gasteiger partial charge in [-0.25, -0.2) is 4.68 Å². The summed E-state index contributed by atoms with van der Waals surface area (Å²) in [6.07, 6.45) is 0.499. The second kappa shape index (κ2) is 5.90. The molecule has 0 saturated carbocycles. The van der Waals surface area contributed by atoms with Crippen LogP contribution in [0.25, 0.3) is 10.7 Å². The molecule has 0 fully saturated rings. The highest BCUT2D eigenvalue weighted by atomic mass is 79.9. The lowest BCUT2D eigenvalue weighted by atomic mass is 9.88. The summed E-state index contributed by atoms with van der Waals surface area (Å²) in [6, 6.07) is 1.90. The Balaban J connectivity index is 2.36. The van der Waals surface area contributed by atoms with Gasteiger partial charge in [0.1, 0.15) is 0 Å². The van der Waals surface area contributed by atoms with E-state index in [0.29, 0.717) is 12.2 Å². The molecule has 2 heterocycles. The van der Waals surface area contributed by atoms with Crippen molar-refractivity contribution >= 4 is 49.2 Å². The highest BCUT2D eigenvalue weighted by molar-refractivity contribution is 9.13. The zero-order valence-electron chi connectivity index (χ0n) is 10.8. The van der Waals surface area contributed by atoms with Crippen LogP contribution in [0.5, 0.6) is 0 Å². The van der Waals surface area contributed by atoms with E-state index in [1.54, 1.807) is 11.6 Å². The molecule has 2 aromatic rings. The molecule has 6 nitrogen and oxygen atoms in total. The maximum Gasteiger partial charge on any atom is 0.311 e. The number of tetrazole rings is 1. The molecule has 20 heavy (non-hydrogen) atoms. The summed E-state index contributed by atoms with van der Waals surface area (Å²) in [5, 5.41) is 20.9. The number of hydrogen-bond donors (Lipinski definition) is 1. The van der Waals surface area contributed by atoms with Crippen LogP contribution in [-0.4, -0.2) is 31.3 Å². The first-order chi connectivity index (χ1) is 9.37. The Hall–Kier alpha value is -0.800. The van der Waals surface area contributed by atoms with E-state index in [0.717, 1.165) is 13.1 Å². The quantitative estimate of drug-likeness (QED) is 0.796. The van der Waals surface area contributed by atoms with Gasteiger partial charge >= 0.3 is 5.97 Å². The summed E-state index contributed by atoms with van der Waals surface area (Å²) in [5.74, 6) is -0.280. The van der Waals surface area contributed by atoms with Crippen molar-refractivity contribution in [2.75, 3.05) is 0 Å². The molecule has 9 heteroatoms. The van der Waals surface area contributed by atoms with Gasteiger partial charge in [0.15, 0.2) is 5.82 Å². The lowest BCUT2D eigenvalue weighted by molar-refractivity contribution is -0.149. The number of aliphatic carboxylic acids is 1. The lowest BCUT2D eigenvalue weighted by Gasteiger charge is -2.22. The van der Waals surface area contributed by atoms with E-state index < -0.39 is 11.4 Å². The topological polar surface area (TPSA) is 80.9 Å². The van der Waals surface area contributed by atoms with Crippen LogP contribution in [0.1, 0.15) is 20.3 Å². The molecule has 2 aromatic heterocycles. The first-order valence-electron chi connectivity index (χ1n) is 5.82. The summed E-state index contributed by atoms with van der Waals surface area (Å²) in [4.78, 5) is 12.3. The Bertz CT molecular complexity index is 623. The molecular formula is C11H12Br2N4O2S. The van der Waals surface area contributed by atoms with E-state index in [-0.39, 0.29) is 6.54 Å². The van der Waals surface area contributed by atoms with Crippen molar-refractivity contribution in [1.82, 2.24) is 20.2 Å². The number of carboxylic acids is 1. The van der Waals surface area contributed by atoms with Crippen LogP contribution in [-0.2, 0) is 11.3 Å². The molecule has 0 aliphatic rings. The third-order valence-electron chi connectivity index (χ3n) is 3.19. The normalized spacial score (nSPS) is 14.2. The van der Waals surface area contributed by atoms with Crippen LogP contribution in [0.2, 0.25) is 0 Å². The van der Waals surface area contributed by atoms with Crippen molar-refractivity contribution in [2.45, 2.75) is 26.8 Å². The average molecular weight is 424 g/mol. The molecule has 0 saturated heterocycles. The van der Waals surface area contributed by atoms with Crippen molar-refractivity contribution < 1.29 is 9.90 Å². The number of carbonyl (C=O) groups is 1. The molecular weight excluding hydrogens is 412 g/mol.